The standard InChI is InChI=1S/C24H30FN3O3S/c1-18-5-10-22(32(30,31)28-12-3-2-4-13-28)15-23(18)24(29)26-16-19-11-14-27(17-19)21-8-6-20(25)7-9-21/h5-10,15,19H,2-4,11-14,16-17H2,1H3,(H,26,29). The van der Waals surface area contributed by atoms with Crippen LogP contribution in [0.15, 0.2) is 47.4 Å². The lowest BCUT2D eigenvalue weighted by Crippen LogP contribution is -2.36. The number of anilines is 1. The molecule has 2 fully saturated rings. The molecule has 4 rings (SSSR count). The van der Waals surface area contributed by atoms with Crippen molar-refractivity contribution >= 4 is 21.6 Å². The van der Waals surface area contributed by atoms with Gasteiger partial charge in [-0.2, -0.15) is 4.31 Å². The van der Waals surface area contributed by atoms with E-state index in [0.717, 1.165) is 50.0 Å². The molecule has 0 bridgehead atoms. The van der Waals surface area contributed by atoms with Crippen molar-refractivity contribution in [1.29, 1.82) is 0 Å². The maximum absolute atomic E-state index is 13.2. The Balaban J connectivity index is 1.39. The molecule has 8 heteroatoms. The number of nitrogens with zero attached hydrogens (tertiary/aromatic N) is 2. The molecule has 2 heterocycles. The maximum atomic E-state index is 13.2. The first-order chi connectivity index (χ1) is 15.3. The summed E-state index contributed by atoms with van der Waals surface area (Å²) in [5.41, 5.74) is 2.13. The van der Waals surface area contributed by atoms with Crippen molar-refractivity contribution in [2.24, 2.45) is 5.92 Å². The van der Waals surface area contributed by atoms with Gasteiger partial charge in [0.25, 0.3) is 5.91 Å². The SMILES string of the molecule is Cc1ccc(S(=O)(=O)N2CCCCC2)cc1C(=O)NCC1CCN(c2ccc(F)cc2)C1. The van der Waals surface area contributed by atoms with Crippen LogP contribution < -0.4 is 10.2 Å². The molecule has 2 aromatic carbocycles. The van der Waals surface area contributed by atoms with Gasteiger partial charge in [0.15, 0.2) is 0 Å². The summed E-state index contributed by atoms with van der Waals surface area (Å²) in [6.07, 6.45) is 3.72. The molecular formula is C24H30FN3O3S. The first-order valence-corrected chi connectivity index (χ1v) is 12.7. The molecular weight excluding hydrogens is 429 g/mol. The van der Waals surface area contributed by atoms with Gasteiger partial charge in [-0.15, -0.1) is 0 Å². The summed E-state index contributed by atoms with van der Waals surface area (Å²) in [6.45, 7) is 5.04. The molecule has 0 radical (unpaired) electrons. The molecule has 0 spiro atoms. The largest absolute Gasteiger partial charge is 0.371 e. The Hall–Kier alpha value is -2.45. The highest BCUT2D eigenvalue weighted by atomic mass is 32.2. The smallest absolute Gasteiger partial charge is 0.251 e. The van der Waals surface area contributed by atoms with E-state index in [2.05, 4.69) is 10.2 Å². The average molecular weight is 460 g/mol. The summed E-state index contributed by atoms with van der Waals surface area (Å²) >= 11 is 0. The highest BCUT2D eigenvalue weighted by Gasteiger charge is 2.28. The van der Waals surface area contributed by atoms with Gasteiger partial charge in [0.1, 0.15) is 5.82 Å². The average Bonchev–Trinajstić information content (AvgIpc) is 3.28. The fourth-order valence-corrected chi connectivity index (χ4v) is 6.02. The number of carbonyl (C=O) groups excluding carboxylic acids is 1. The highest BCUT2D eigenvalue weighted by Crippen LogP contribution is 2.25. The summed E-state index contributed by atoms with van der Waals surface area (Å²) < 4.78 is 40.7. The van der Waals surface area contributed by atoms with E-state index in [4.69, 9.17) is 0 Å². The normalized spacial score (nSPS) is 19.8. The van der Waals surface area contributed by atoms with Gasteiger partial charge in [0.05, 0.1) is 4.90 Å². The Morgan fingerprint density at radius 2 is 1.78 bits per heavy atom. The molecule has 6 nitrogen and oxygen atoms in total. The van der Waals surface area contributed by atoms with E-state index in [-0.39, 0.29) is 22.5 Å². The molecule has 32 heavy (non-hydrogen) atoms. The van der Waals surface area contributed by atoms with Gasteiger partial charge in [-0.05, 0) is 74.1 Å². The number of piperidine rings is 1. The summed E-state index contributed by atoms with van der Waals surface area (Å²) in [5.74, 6) is -0.223. The fourth-order valence-electron chi connectivity index (χ4n) is 4.48. The van der Waals surface area contributed by atoms with Gasteiger partial charge < -0.3 is 10.2 Å². The molecule has 0 aliphatic carbocycles. The molecule has 1 N–H and O–H groups in total. The maximum Gasteiger partial charge on any atom is 0.251 e. The van der Waals surface area contributed by atoms with Crippen LogP contribution in [0.5, 0.6) is 0 Å². The van der Waals surface area contributed by atoms with Crippen LogP contribution in [0.25, 0.3) is 0 Å². The number of aryl methyl sites for hydroxylation is 1. The molecule has 2 aliphatic rings. The summed E-state index contributed by atoms with van der Waals surface area (Å²) in [7, 11) is -3.59. The third-order valence-electron chi connectivity index (χ3n) is 6.44. The van der Waals surface area contributed by atoms with Crippen molar-refractivity contribution in [3.8, 4) is 0 Å². The lowest BCUT2D eigenvalue weighted by atomic mass is 10.1. The molecule has 2 saturated heterocycles. The second-order valence-corrected chi connectivity index (χ2v) is 10.7. The lowest BCUT2D eigenvalue weighted by Gasteiger charge is -2.26. The van der Waals surface area contributed by atoms with Gasteiger partial charge in [-0.25, -0.2) is 12.8 Å². The highest BCUT2D eigenvalue weighted by molar-refractivity contribution is 7.89. The summed E-state index contributed by atoms with van der Waals surface area (Å²) in [5, 5.41) is 2.99. The number of nitrogens with one attached hydrogen (secondary N) is 1. The zero-order valence-electron chi connectivity index (χ0n) is 18.4. The van der Waals surface area contributed by atoms with Gasteiger partial charge in [0.2, 0.25) is 10.0 Å². The number of rotatable bonds is 6. The van der Waals surface area contributed by atoms with Gasteiger partial charge >= 0.3 is 0 Å². The van der Waals surface area contributed by atoms with Crippen LogP contribution in [0.1, 0.15) is 41.6 Å². The monoisotopic (exact) mass is 459 g/mol. The van der Waals surface area contributed by atoms with Crippen molar-refractivity contribution in [2.45, 2.75) is 37.5 Å². The predicted octanol–water partition coefficient (Wildman–Crippen LogP) is 3.57. The van der Waals surface area contributed by atoms with Gasteiger partial charge in [-0.1, -0.05) is 12.5 Å². The summed E-state index contributed by atoms with van der Waals surface area (Å²) in [4.78, 5) is 15.3. The molecule has 0 saturated carbocycles. The summed E-state index contributed by atoms with van der Waals surface area (Å²) in [6, 6.07) is 11.3. The van der Waals surface area contributed by atoms with Gasteiger partial charge in [-0.3, -0.25) is 4.79 Å². The minimum atomic E-state index is -3.59. The Bertz CT molecular complexity index is 1070. The Morgan fingerprint density at radius 3 is 2.50 bits per heavy atom. The van der Waals surface area contributed by atoms with Gasteiger partial charge in [0, 0.05) is 44.0 Å². The second-order valence-electron chi connectivity index (χ2n) is 8.73. The third kappa shape index (κ3) is 4.96. The van der Waals surface area contributed by atoms with Crippen LogP contribution >= 0.6 is 0 Å². The number of sulfonamides is 1. The molecule has 1 amide bonds. The topological polar surface area (TPSA) is 69.7 Å². The number of amides is 1. The molecule has 2 aromatic rings. The van der Waals surface area contributed by atoms with Crippen LogP contribution in [-0.4, -0.2) is 51.4 Å². The first kappa shape index (κ1) is 22.7. The minimum absolute atomic E-state index is 0.179. The fraction of sp³-hybridized carbons (Fsp3) is 0.458. The van der Waals surface area contributed by atoms with Crippen molar-refractivity contribution in [3.63, 3.8) is 0 Å². The Morgan fingerprint density at radius 1 is 1.06 bits per heavy atom. The third-order valence-corrected chi connectivity index (χ3v) is 8.33. The molecule has 1 unspecified atom stereocenters. The number of benzene rings is 2. The van der Waals surface area contributed by atoms with Crippen LogP contribution in [0, 0.1) is 18.7 Å². The second kappa shape index (κ2) is 9.58. The van der Waals surface area contributed by atoms with E-state index in [0.29, 0.717) is 25.2 Å². The van der Waals surface area contributed by atoms with E-state index in [1.165, 1.54) is 22.5 Å². The van der Waals surface area contributed by atoms with E-state index in [1.807, 2.05) is 6.92 Å². The number of halogens is 1. The molecule has 2 aliphatic heterocycles. The van der Waals surface area contributed by atoms with Crippen LogP contribution in [0.3, 0.4) is 0 Å². The first-order valence-electron chi connectivity index (χ1n) is 11.2. The molecule has 172 valence electrons. The number of hydrogen-bond donors (Lipinski definition) is 1. The lowest BCUT2D eigenvalue weighted by molar-refractivity contribution is 0.0947. The Kier molecular flexibility index (Phi) is 6.81. The Labute approximate surface area is 189 Å². The zero-order chi connectivity index (χ0) is 22.7. The van der Waals surface area contributed by atoms with E-state index in [1.54, 1.807) is 24.3 Å². The van der Waals surface area contributed by atoms with E-state index < -0.39 is 10.0 Å². The van der Waals surface area contributed by atoms with Crippen LogP contribution in [0.2, 0.25) is 0 Å². The van der Waals surface area contributed by atoms with Crippen molar-refractivity contribution in [2.75, 3.05) is 37.6 Å². The zero-order valence-corrected chi connectivity index (χ0v) is 19.2. The van der Waals surface area contributed by atoms with Crippen LogP contribution in [-0.2, 0) is 10.0 Å². The van der Waals surface area contributed by atoms with Crippen molar-refractivity contribution < 1.29 is 17.6 Å². The predicted molar refractivity (Wildman–Crippen MR) is 123 cm³/mol. The van der Waals surface area contributed by atoms with Crippen LogP contribution in [0.4, 0.5) is 10.1 Å². The van der Waals surface area contributed by atoms with Crippen molar-refractivity contribution in [3.05, 3.63) is 59.4 Å². The number of carbonyl (C=O) groups is 1. The molecule has 1 atom stereocenters. The minimum Gasteiger partial charge on any atom is -0.371 e. The van der Waals surface area contributed by atoms with E-state index in [9.17, 15) is 17.6 Å². The molecule has 0 aromatic heterocycles. The van der Waals surface area contributed by atoms with Crippen molar-refractivity contribution in [1.82, 2.24) is 9.62 Å². The van der Waals surface area contributed by atoms with E-state index >= 15 is 0 Å². The quantitative estimate of drug-likeness (QED) is 0.717. The number of hydrogen-bond acceptors (Lipinski definition) is 4.